The molecule has 1 nitrogen and oxygen atoms in total. The largest absolute Gasteiger partial charge is 0.398 e. The molecule has 1 heteroatoms. The van der Waals surface area contributed by atoms with Crippen LogP contribution >= 0.6 is 0 Å². The molecule has 15 heavy (non-hydrogen) atoms. The van der Waals surface area contributed by atoms with Crippen LogP contribution in [0, 0.1) is 5.41 Å². The van der Waals surface area contributed by atoms with Crippen LogP contribution in [0.2, 0.25) is 0 Å². The molecule has 0 aliphatic heterocycles. The first-order valence-electron chi connectivity index (χ1n) is 5.68. The average molecular weight is 205 g/mol. The minimum absolute atomic E-state index is 0.109. The molecule has 0 heterocycles. The quantitative estimate of drug-likeness (QED) is 0.679. The predicted molar refractivity (Wildman–Crippen MR) is 67.4 cm³/mol. The number of hydrogen-bond acceptors (Lipinski definition) is 1. The van der Waals surface area contributed by atoms with Crippen molar-refractivity contribution in [2.75, 3.05) is 0 Å². The molecular weight excluding hydrogens is 182 g/mol. The van der Waals surface area contributed by atoms with E-state index in [0.29, 0.717) is 0 Å². The van der Waals surface area contributed by atoms with Crippen molar-refractivity contribution >= 4 is 0 Å². The van der Waals surface area contributed by atoms with E-state index in [1.165, 1.54) is 24.0 Å². The van der Waals surface area contributed by atoms with Crippen LogP contribution in [0.4, 0.5) is 0 Å². The molecule has 0 spiro atoms. The van der Waals surface area contributed by atoms with Gasteiger partial charge in [-0.2, -0.15) is 0 Å². The third kappa shape index (κ3) is 2.98. The SMILES string of the molecule is C=C(/C=C(/N)C1=C(C)CCC1)C(C)(C)C. The highest BCUT2D eigenvalue weighted by molar-refractivity contribution is 5.40. The summed E-state index contributed by atoms with van der Waals surface area (Å²) < 4.78 is 0. The molecular formula is C14H23N. The third-order valence-corrected chi connectivity index (χ3v) is 3.14. The fraction of sp³-hybridized carbons (Fsp3) is 0.571. The number of allylic oxidation sites excluding steroid dienone is 4. The normalized spacial score (nSPS) is 18.5. The molecule has 0 radical (unpaired) electrons. The van der Waals surface area contributed by atoms with Gasteiger partial charge in [0.25, 0.3) is 0 Å². The summed E-state index contributed by atoms with van der Waals surface area (Å²) in [5.74, 6) is 0. The van der Waals surface area contributed by atoms with Crippen molar-refractivity contribution in [2.24, 2.45) is 11.1 Å². The van der Waals surface area contributed by atoms with Gasteiger partial charge >= 0.3 is 0 Å². The standard InChI is InChI=1S/C14H23N/c1-10-7-6-8-12(10)13(15)9-11(2)14(3,4)5/h9H,2,6-8,15H2,1,3-5H3/b13-9+. The van der Waals surface area contributed by atoms with Gasteiger partial charge in [-0.15, -0.1) is 0 Å². The van der Waals surface area contributed by atoms with E-state index in [-0.39, 0.29) is 5.41 Å². The van der Waals surface area contributed by atoms with Crippen LogP contribution in [-0.4, -0.2) is 0 Å². The van der Waals surface area contributed by atoms with Crippen LogP contribution < -0.4 is 5.73 Å². The molecule has 2 N–H and O–H groups in total. The van der Waals surface area contributed by atoms with Crippen molar-refractivity contribution < 1.29 is 0 Å². The molecule has 0 bridgehead atoms. The highest BCUT2D eigenvalue weighted by atomic mass is 14.6. The maximum atomic E-state index is 6.11. The Hall–Kier alpha value is -0.980. The topological polar surface area (TPSA) is 26.0 Å². The van der Waals surface area contributed by atoms with E-state index in [9.17, 15) is 0 Å². The lowest BCUT2D eigenvalue weighted by Gasteiger charge is -2.19. The highest BCUT2D eigenvalue weighted by Gasteiger charge is 2.16. The molecule has 0 aromatic heterocycles. The Bertz CT molecular complexity index is 324. The zero-order valence-electron chi connectivity index (χ0n) is 10.5. The van der Waals surface area contributed by atoms with Gasteiger partial charge in [0.1, 0.15) is 0 Å². The summed E-state index contributed by atoms with van der Waals surface area (Å²) in [6.45, 7) is 12.8. The van der Waals surface area contributed by atoms with Crippen molar-refractivity contribution in [3.8, 4) is 0 Å². The maximum absolute atomic E-state index is 6.11. The molecule has 1 aliphatic carbocycles. The summed E-state index contributed by atoms with van der Waals surface area (Å²) in [6, 6.07) is 0. The molecule has 1 aliphatic rings. The van der Waals surface area contributed by atoms with Crippen molar-refractivity contribution in [3.05, 3.63) is 35.1 Å². The van der Waals surface area contributed by atoms with Crippen LogP contribution in [0.15, 0.2) is 35.1 Å². The van der Waals surface area contributed by atoms with E-state index < -0.39 is 0 Å². The van der Waals surface area contributed by atoms with Gasteiger partial charge in [-0.3, -0.25) is 0 Å². The van der Waals surface area contributed by atoms with Crippen molar-refractivity contribution in [1.82, 2.24) is 0 Å². The summed E-state index contributed by atoms with van der Waals surface area (Å²) in [7, 11) is 0. The zero-order chi connectivity index (χ0) is 11.6. The second kappa shape index (κ2) is 4.26. The van der Waals surface area contributed by atoms with Crippen LogP contribution in [0.3, 0.4) is 0 Å². The Balaban J connectivity index is 2.85. The predicted octanol–water partition coefficient (Wildman–Crippen LogP) is 3.93. The highest BCUT2D eigenvalue weighted by Crippen LogP contribution is 2.31. The molecule has 0 saturated heterocycles. The average Bonchev–Trinajstić information content (AvgIpc) is 2.49. The number of nitrogens with two attached hydrogens (primary N) is 1. The summed E-state index contributed by atoms with van der Waals surface area (Å²) >= 11 is 0. The zero-order valence-corrected chi connectivity index (χ0v) is 10.5. The Kier molecular flexibility index (Phi) is 3.43. The fourth-order valence-corrected chi connectivity index (χ4v) is 1.78. The van der Waals surface area contributed by atoms with Crippen molar-refractivity contribution in [2.45, 2.75) is 47.0 Å². The third-order valence-electron chi connectivity index (χ3n) is 3.14. The lowest BCUT2D eigenvalue weighted by molar-refractivity contribution is 0.518. The Morgan fingerprint density at radius 2 is 1.93 bits per heavy atom. The van der Waals surface area contributed by atoms with Gasteiger partial charge < -0.3 is 5.73 Å². The van der Waals surface area contributed by atoms with Gasteiger partial charge in [-0.1, -0.05) is 32.9 Å². The minimum atomic E-state index is 0.109. The number of rotatable bonds is 2. The van der Waals surface area contributed by atoms with E-state index in [1.54, 1.807) is 0 Å². The molecule has 0 saturated carbocycles. The van der Waals surface area contributed by atoms with Crippen LogP contribution in [0.1, 0.15) is 47.0 Å². The van der Waals surface area contributed by atoms with Gasteiger partial charge in [0, 0.05) is 5.70 Å². The van der Waals surface area contributed by atoms with E-state index in [2.05, 4.69) is 34.3 Å². The second-order valence-electron chi connectivity index (χ2n) is 5.49. The molecule has 0 fully saturated rings. The summed E-state index contributed by atoms with van der Waals surface area (Å²) in [6.07, 6.45) is 5.62. The lowest BCUT2D eigenvalue weighted by Crippen LogP contribution is -2.09. The molecule has 1 rings (SSSR count). The maximum Gasteiger partial charge on any atom is 0.0348 e. The summed E-state index contributed by atoms with van der Waals surface area (Å²) in [4.78, 5) is 0. The first kappa shape index (κ1) is 12.1. The molecule has 84 valence electrons. The number of hydrogen-bond donors (Lipinski definition) is 1. The molecule has 0 amide bonds. The lowest BCUT2D eigenvalue weighted by atomic mass is 9.86. The Labute approximate surface area is 93.7 Å². The van der Waals surface area contributed by atoms with Gasteiger partial charge in [-0.05, 0) is 48.8 Å². The van der Waals surface area contributed by atoms with E-state index in [0.717, 1.165) is 17.7 Å². The van der Waals surface area contributed by atoms with Gasteiger partial charge in [0.2, 0.25) is 0 Å². The van der Waals surface area contributed by atoms with Crippen molar-refractivity contribution in [3.63, 3.8) is 0 Å². The molecule has 0 aromatic carbocycles. The smallest absolute Gasteiger partial charge is 0.0348 e. The second-order valence-corrected chi connectivity index (χ2v) is 5.49. The molecule has 0 unspecified atom stereocenters. The summed E-state index contributed by atoms with van der Waals surface area (Å²) in [5.41, 5.74) is 11.0. The minimum Gasteiger partial charge on any atom is -0.398 e. The monoisotopic (exact) mass is 205 g/mol. The Morgan fingerprint density at radius 3 is 2.33 bits per heavy atom. The summed E-state index contributed by atoms with van der Waals surface area (Å²) in [5, 5.41) is 0. The van der Waals surface area contributed by atoms with Crippen molar-refractivity contribution in [1.29, 1.82) is 0 Å². The first-order chi connectivity index (χ1) is 6.82. The van der Waals surface area contributed by atoms with Gasteiger partial charge in [0.15, 0.2) is 0 Å². The van der Waals surface area contributed by atoms with Gasteiger partial charge in [-0.25, -0.2) is 0 Å². The first-order valence-corrected chi connectivity index (χ1v) is 5.68. The van der Waals surface area contributed by atoms with E-state index in [4.69, 9.17) is 5.73 Å². The van der Waals surface area contributed by atoms with E-state index >= 15 is 0 Å². The fourth-order valence-electron chi connectivity index (χ4n) is 1.78. The molecule has 0 atom stereocenters. The van der Waals surface area contributed by atoms with Crippen LogP contribution in [0.25, 0.3) is 0 Å². The van der Waals surface area contributed by atoms with Crippen LogP contribution in [-0.2, 0) is 0 Å². The Morgan fingerprint density at radius 1 is 1.33 bits per heavy atom. The van der Waals surface area contributed by atoms with Crippen LogP contribution in [0.5, 0.6) is 0 Å². The van der Waals surface area contributed by atoms with E-state index in [1.807, 2.05) is 6.08 Å². The molecule has 0 aromatic rings. The van der Waals surface area contributed by atoms with Gasteiger partial charge in [0.05, 0.1) is 0 Å².